The van der Waals surface area contributed by atoms with Crippen LogP contribution in [0.5, 0.6) is 0 Å². The smallest absolute Gasteiger partial charge is 0.409 e. The number of rotatable bonds is 9. The van der Waals surface area contributed by atoms with E-state index in [0.29, 0.717) is 5.69 Å². The van der Waals surface area contributed by atoms with E-state index < -0.39 is 29.9 Å². The summed E-state index contributed by atoms with van der Waals surface area (Å²) in [5, 5.41) is 16.1. The highest BCUT2D eigenvalue weighted by atomic mass is 16.6. The van der Waals surface area contributed by atoms with Crippen LogP contribution in [0.1, 0.15) is 40.7 Å². The van der Waals surface area contributed by atoms with Crippen molar-refractivity contribution in [2.45, 2.75) is 25.8 Å². The van der Waals surface area contributed by atoms with Crippen molar-refractivity contribution >= 4 is 29.8 Å². The predicted molar refractivity (Wildman–Crippen MR) is 135 cm³/mol. The predicted octanol–water partition coefficient (Wildman–Crippen LogP) is 0.838. The van der Waals surface area contributed by atoms with Gasteiger partial charge in [-0.2, -0.15) is 5.10 Å². The van der Waals surface area contributed by atoms with Gasteiger partial charge in [0.1, 0.15) is 11.7 Å². The Bertz CT molecular complexity index is 1170. The fourth-order valence-corrected chi connectivity index (χ4v) is 3.94. The summed E-state index contributed by atoms with van der Waals surface area (Å²) >= 11 is 0. The van der Waals surface area contributed by atoms with Gasteiger partial charge in [-0.25, -0.2) is 9.48 Å². The van der Waals surface area contributed by atoms with Gasteiger partial charge in [-0.05, 0) is 25.5 Å². The number of carboxylic acid groups (broad SMARTS) is 1. The van der Waals surface area contributed by atoms with Crippen LogP contribution in [0, 0.1) is 0 Å². The van der Waals surface area contributed by atoms with Gasteiger partial charge in [-0.15, -0.1) is 0 Å². The molecule has 1 aliphatic heterocycles. The lowest BCUT2D eigenvalue weighted by Gasteiger charge is -2.35. The Balaban J connectivity index is 1.80. The first-order chi connectivity index (χ1) is 18.1. The molecule has 4 amide bonds. The SMILES string of the molecule is CCOC(=O)N1CCN(C(=O)C(CCC(=O)O)NC(=O)c2cc(C(=O)N(C)C)n(-c3ccccc3)n2)CC1. The molecule has 1 aromatic carbocycles. The van der Waals surface area contributed by atoms with Crippen LogP contribution in [-0.2, 0) is 14.3 Å². The number of benzene rings is 1. The van der Waals surface area contributed by atoms with Crippen LogP contribution in [0.4, 0.5) is 4.79 Å². The average molecular weight is 529 g/mol. The maximum Gasteiger partial charge on any atom is 0.409 e. The monoisotopic (exact) mass is 528 g/mol. The molecule has 1 unspecified atom stereocenters. The quantitative estimate of drug-likeness (QED) is 0.485. The van der Waals surface area contributed by atoms with Crippen molar-refractivity contribution in [3.8, 4) is 5.69 Å². The van der Waals surface area contributed by atoms with Crippen molar-refractivity contribution in [1.82, 2.24) is 29.8 Å². The molecule has 1 fully saturated rings. The summed E-state index contributed by atoms with van der Waals surface area (Å²) < 4.78 is 6.34. The molecule has 38 heavy (non-hydrogen) atoms. The topological polar surface area (TPSA) is 154 Å². The molecular formula is C25H32N6O7. The summed E-state index contributed by atoms with van der Waals surface area (Å²) in [6.07, 6.45) is -0.948. The Morgan fingerprint density at radius 1 is 1.05 bits per heavy atom. The van der Waals surface area contributed by atoms with Crippen molar-refractivity contribution in [3.63, 3.8) is 0 Å². The van der Waals surface area contributed by atoms with E-state index in [9.17, 15) is 29.1 Å². The molecule has 0 saturated carbocycles. The number of piperazine rings is 1. The van der Waals surface area contributed by atoms with Crippen molar-refractivity contribution in [3.05, 3.63) is 47.8 Å². The molecule has 204 valence electrons. The first-order valence-electron chi connectivity index (χ1n) is 12.2. The number of amides is 4. The number of carboxylic acids is 1. The van der Waals surface area contributed by atoms with Crippen LogP contribution >= 0.6 is 0 Å². The third-order valence-corrected chi connectivity index (χ3v) is 5.94. The number of hydrogen-bond donors (Lipinski definition) is 2. The molecule has 2 heterocycles. The van der Waals surface area contributed by atoms with Gasteiger partial charge in [0.2, 0.25) is 5.91 Å². The molecule has 1 aliphatic rings. The normalized spacial score (nSPS) is 14.0. The van der Waals surface area contributed by atoms with Crippen LogP contribution < -0.4 is 5.32 Å². The third-order valence-electron chi connectivity index (χ3n) is 5.94. The van der Waals surface area contributed by atoms with Crippen molar-refractivity contribution in [2.24, 2.45) is 0 Å². The molecule has 13 heteroatoms. The lowest BCUT2D eigenvalue weighted by Crippen LogP contribution is -2.56. The van der Waals surface area contributed by atoms with Crippen LogP contribution in [-0.4, -0.2) is 112 Å². The number of carbonyl (C=O) groups is 5. The Hall–Kier alpha value is -4.42. The zero-order valence-electron chi connectivity index (χ0n) is 21.6. The second kappa shape index (κ2) is 12.7. The zero-order chi connectivity index (χ0) is 27.8. The van der Waals surface area contributed by atoms with Crippen LogP contribution in [0.15, 0.2) is 36.4 Å². The van der Waals surface area contributed by atoms with E-state index in [1.165, 1.54) is 25.4 Å². The minimum atomic E-state index is -1.14. The Morgan fingerprint density at radius 2 is 1.68 bits per heavy atom. The molecule has 0 aliphatic carbocycles. The van der Waals surface area contributed by atoms with Gasteiger partial charge in [-0.1, -0.05) is 18.2 Å². The van der Waals surface area contributed by atoms with E-state index in [-0.39, 0.29) is 62.9 Å². The second-order valence-electron chi connectivity index (χ2n) is 8.83. The second-order valence-corrected chi connectivity index (χ2v) is 8.83. The highest BCUT2D eigenvalue weighted by Crippen LogP contribution is 2.16. The van der Waals surface area contributed by atoms with Crippen molar-refractivity contribution < 1.29 is 33.8 Å². The maximum absolute atomic E-state index is 13.3. The summed E-state index contributed by atoms with van der Waals surface area (Å²) in [6, 6.07) is 9.00. The van der Waals surface area contributed by atoms with Crippen molar-refractivity contribution in [1.29, 1.82) is 0 Å². The summed E-state index contributed by atoms with van der Waals surface area (Å²) in [6.45, 7) is 2.87. The number of ether oxygens (including phenoxy) is 1. The molecule has 13 nitrogen and oxygen atoms in total. The summed E-state index contributed by atoms with van der Waals surface area (Å²) in [4.78, 5) is 66.7. The summed E-state index contributed by atoms with van der Waals surface area (Å²) in [5.41, 5.74) is 0.615. The van der Waals surface area contributed by atoms with E-state index in [4.69, 9.17) is 4.74 Å². The molecule has 2 aromatic rings. The standard InChI is InChI=1S/C25H32N6O7/c1-4-38-25(37)30-14-12-29(13-15-30)23(35)18(10-11-21(32)33)26-22(34)19-16-20(24(36)28(2)3)31(27-19)17-8-6-5-7-9-17/h5-9,16,18H,4,10-15H2,1-3H3,(H,26,34)(H,32,33). The summed E-state index contributed by atoms with van der Waals surface area (Å²) in [7, 11) is 3.15. The van der Waals surface area contributed by atoms with E-state index >= 15 is 0 Å². The molecule has 3 rings (SSSR count). The van der Waals surface area contributed by atoms with Gasteiger partial charge in [0.25, 0.3) is 11.8 Å². The molecule has 1 saturated heterocycles. The van der Waals surface area contributed by atoms with E-state index in [0.717, 1.165) is 0 Å². The minimum absolute atomic E-state index is 0.0979. The number of carbonyl (C=O) groups excluding carboxylic acids is 4. The summed E-state index contributed by atoms with van der Waals surface area (Å²) in [5.74, 6) is -2.67. The first kappa shape index (κ1) is 28.2. The number of para-hydroxylation sites is 1. The van der Waals surface area contributed by atoms with Crippen molar-refractivity contribution in [2.75, 3.05) is 46.9 Å². The van der Waals surface area contributed by atoms with Crippen LogP contribution in [0.3, 0.4) is 0 Å². The highest BCUT2D eigenvalue weighted by Gasteiger charge is 2.32. The third kappa shape index (κ3) is 6.87. The molecule has 1 atom stereocenters. The number of nitrogens with one attached hydrogen (secondary N) is 1. The van der Waals surface area contributed by atoms with Crippen LogP contribution in [0.2, 0.25) is 0 Å². The fourth-order valence-electron chi connectivity index (χ4n) is 3.94. The molecule has 0 radical (unpaired) electrons. The molecular weight excluding hydrogens is 496 g/mol. The number of aromatic nitrogens is 2. The van der Waals surface area contributed by atoms with Gasteiger partial charge in [0, 0.05) is 52.8 Å². The van der Waals surface area contributed by atoms with E-state index in [2.05, 4.69) is 10.4 Å². The number of hydrogen-bond acceptors (Lipinski definition) is 7. The number of aliphatic carboxylic acids is 1. The van der Waals surface area contributed by atoms with Crippen LogP contribution in [0.25, 0.3) is 5.69 Å². The minimum Gasteiger partial charge on any atom is -0.481 e. The van der Waals surface area contributed by atoms with Gasteiger partial charge in [-0.3, -0.25) is 19.2 Å². The van der Waals surface area contributed by atoms with Gasteiger partial charge in [0.15, 0.2) is 5.69 Å². The molecule has 1 aromatic heterocycles. The Labute approximate surface area is 219 Å². The molecule has 0 spiro atoms. The van der Waals surface area contributed by atoms with E-state index in [1.807, 2.05) is 0 Å². The zero-order valence-corrected chi connectivity index (χ0v) is 21.6. The molecule has 0 bridgehead atoms. The van der Waals surface area contributed by atoms with Gasteiger partial charge < -0.3 is 29.9 Å². The number of nitrogens with zero attached hydrogens (tertiary/aromatic N) is 5. The van der Waals surface area contributed by atoms with Gasteiger partial charge >= 0.3 is 12.1 Å². The van der Waals surface area contributed by atoms with E-state index in [1.54, 1.807) is 51.4 Å². The highest BCUT2D eigenvalue weighted by molar-refractivity contribution is 6.00. The average Bonchev–Trinajstić information content (AvgIpc) is 3.36. The maximum atomic E-state index is 13.3. The van der Waals surface area contributed by atoms with Gasteiger partial charge in [0.05, 0.1) is 12.3 Å². The largest absolute Gasteiger partial charge is 0.481 e. The lowest BCUT2D eigenvalue weighted by atomic mass is 10.1. The Morgan fingerprint density at radius 3 is 2.26 bits per heavy atom. The first-order valence-corrected chi connectivity index (χ1v) is 12.2. The Kier molecular flexibility index (Phi) is 9.41. The lowest BCUT2D eigenvalue weighted by molar-refractivity contribution is -0.138. The molecule has 2 N–H and O–H groups in total. The fraction of sp³-hybridized carbons (Fsp3) is 0.440.